The van der Waals surface area contributed by atoms with Crippen molar-refractivity contribution in [2.24, 2.45) is 5.73 Å². The lowest BCUT2D eigenvalue weighted by atomic mass is 9.88. The molecule has 27 heavy (non-hydrogen) atoms. The fourth-order valence-corrected chi connectivity index (χ4v) is 3.73. The topological polar surface area (TPSA) is 72.5 Å². The number of aromatic hydroxyl groups is 1. The fraction of sp³-hybridized carbons (Fsp3) is 0.0870. The predicted molar refractivity (Wildman–Crippen MR) is 108 cm³/mol. The van der Waals surface area contributed by atoms with Crippen LogP contribution in [0, 0.1) is 0 Å². The van der Waals surface area contributed by atoms with Crippen molar-refractivity contribution in [3.63, 3.8) is 0 Å². The standard InChI is InChI=1S/C23H19NO3/c1-14(27-23(24)26)21-17-8-4-2-6-15(17)10-12-19(21)22-18-9-5-3-7-16(18)11-13-20(22)25/h2-14,25H,1H3,(H2,24,26). The van der Waals surface area contributed by atoms with Gasteiger partial charge in [0.2, 0.25) is 0 Å². The zero-order valence-electron chi connectivity index (χ0n) is 14.8. The summed E-state index contributed by atoms with van der Waals surface area (Å²) in [6.07, 6.45) is -1.40. The third-order valence-electron chi connectivity index (χ3n) is 4.85. The summed E-state index contributed by atoms with van der Waals surface area (Å²) in [4.78, 5) is 11.4. The molecule has 4 aromatic rings. The summed E-state index contributed by atoms with van der Waals surface area (Å²) in [5.74, 6) is 0.177. The number of carbonyl (C=O) groups excluding carboxylic acids is 1. The molecule has 1 unspecified atom stereocenters. The number of phenols is 1. The smallest absolute Gasteiger partial charge is 0.405 e. The Morgan fingerprint density at radius 2 is 1.48 bits per heavy atom. The van der Waals surface area contributed by atoms with E-state index in [0.29, 0.717) is 5.56 Å². The number of primary amides is 1. The van der Waals surface area contributed by atoms with Gasteiger partial charge in [0.1, 0.15) is 11.9 Å². The van der Waals surface area contributed by atoms with Gasteiger partial charge in [-0.05, 0) is 40.1 Å². The summed E-state index contributed by atoms with van der Waals surface area (Å²) in [7, 11) is 0. The summed E-state index contributed by atoms with van der Waals surface area (Å²) in [6.45, 7) is 1.79. The number of nitrogens with two attached hydrogens (primary N) is 1. The Bertz CT molecular complexity index is 1170. The van der Waals surface area contributed by atoms with E-state index in [1.165, 1.54) is 0 Å². The maximum atomic E-state index is 11.4. The quantitative estimate of drug-likeness (QED) is 0.507. The van der Waals surface area contributed by atoms with Crippen molar-refractivity contribution in [2.45, 2.75) is 13.0 Å². The number of phenolic OH excluding ortho intramolecular Hbond substituents is 1. The van der Waals surface area contributed by atoms with Crippen molar-refractivity contribution in [1.82, 2.24) is 0 Å². The van der Waals surface area contributed by atoms with Gasteiger partial charge in [-0.3, -0.25) is 0 Å². The Morgan fingerprint density at radius 3 is 2.19 bits per heavy atom. The molecule has 0 bridgehead atoms. The van der Waals surface area contributed by atoms with Gasteiger partial charge in [0.15, 0.2) is 0 Å². The van der Waals surface area contributed by atoms with E-state index in [1.54, 1.807) is 13.0 Å². The van der Waals surface area contributed by atoms with Crippen molar-refractivity contribution >= 4 is 27.6 Å². The third kappa shape index (κ3) is 2.95. The van der Waals surface area contributed by atoms with Crippen LogP contribution in [0.15, 0.2) is 72.8 Å². The molecule has 1 atom stereocenters. The first-order valence-corrected chi connectivity index (χ1v) is 8.75. The first kappa shape index (κ1) is 16.9. The number of ether oxygens (including phenoxy) is 1. The predicted octanol–water partition coefficient (Wildman–Crippen LogP) is 5.52. The minimum absolute atomic E-state index is 0.177. The molecule has 4 heteroatoms. The Morgan fingerprint density at radius 1 is 0.889 bits per heavy atom. The lowest BCUT2D eigenvalue weighted by molar-refractivity contribution is 0.117. The van der Waals surface area contributed by atoms with E-state index in [2.05, 4.69) is 0 Å². The van der Waals surface area contributed by atoms with Gasteiger partial charge in [0.05, 0.1) is 0 Å². The monoisotopic (exact) mass is 357 g/mol. The Labute approximate surface area is 156 Å². The van der Waals surface area contributed by atoms with Crippen LogP contribution in [0.25, 0.3) is 32.7 Å². The van der Waals surface area contributed by atoms with E-state index >= 15 is 0 Å². The van der Waals surface area contributed by atoms with Gasteiger partial charge in [0, 0.05) is 11.1 Å². The number of hydrogen-bond donors (Lipinski definition) is 2. The molecule has 0 saturated heterocycles. The van der Waals surface area contributed by atoms with E-state index < -0.39 is 12.2 Å². The highest BCUT2D eigenvalue weighted by Gasteiger charge is 2.21. The molecule has 0 saturated carbocycles. The number of rotatable bonds is 3. The van der Waals surface area contributed by atoms with E-state index in [0.717, 1.165) is 32.7 Å². The molecule has 0 aliphatic heterocycles. The van der Waals surface area contributed by atoms with Gasteiger partial charge in [-0.15, -0.1) is 0 Å². The van der Waals surface area contributed by atoms with Gasteiger partial charge in [0.25, 0.3) is 0 Å². The molecule has 0 aliphatic rings. The van der Waals surface area contributed by atoms with Gasteiger partial charge in [-0.25, -0.2) is 4.79 Å². The summed E-state index contributed by atoms with van der Waals surface area (Å²) >= 11 is 0. The highest BCUT2D eigenvalue weighted by molar-refractivity contribution is 6.03. The van der Waals surface area contributed by atoms with E-state index in [-0.39, 0.29) is 5.75 Å². The van der Waals surface area contributed by atoms with Crippen molar-refractivity contribution in [3.05, 3.63) is 78.4 Å². The van der Waals surface area contributed by atoms with Crippen LogP contribution in [-0.4, -0.2) is 11.2 Å². The molecule has 0 spiro atoms. The number of benzene rings is 4. The molecule has 4 aromatic carbocycles. The molecule has 4 rings (SSSR count). The Kier molecular flexibility index (Phi) is 4.16. The van der Waals surface area contributed by atoms with Gasteiger partial charge in [-0.1, -0.05) is 66.7 Å². The van der Waals surface area contributed by atoms with Gasteiger partial charge < -0.3 is 15.6 Å². The first-order chi connectivity index (χ1) is 13.1. The maximum Gasteiger partial charge on any atom is 0.405 e. The highest BCUT2D eigenvalue weighted by Crippen LogP contribution is 2.42. The van der Waals surface area contributed by atoms with Gasteiger partial charge in [-0.2, -0.15) is 0 Å². The minimum atomic E-state index is -0.830. The zero-order valence-corrected chi connectivity index (χ0v) is 14.8. The van der Waals surface area contributed by atoms with Crippen LogP contribution < -0.4 is 5.73 Å². The van der Waals surface area contributed by atoms with Crippen molar-refractivity contribution in [3.8, 4) is 16.9 Å². The molecule has 0 aromatic heterocycles. The molecule has 3 N–H and O–H groups in total. The van der Waals surface area contributed by atoms with Crippen molar-refractivity contribution in [2.75, 3.05) is 0 Å². The molecule has 0 radical (unpaired) electrons. The summed E-state index contributed by atoms with van der Waals surface area (Å²) in [5, 5.41) is 14.6. The first-order valence-electron chi connectivity index (χ1n) is 8.75. The molecule has 4 nitrogen and oxygen atoms in total. The third-order valence-corrected chi connectivity index (χ3v) is 4.85. The maximum absolute atomic E-state index is 11.4. The van der Waals surface area contributed by atoms with Crippen LogP contribution in [0.2, 0.25) is 0 Å². The SMILES string of the molecule is CC(OC(N)=O)c1c(-c2c(O)ccc3ccccc23)ccc2ccccc12. The van der Waals surface area contributed by atoms with Crippen LogP contribution in [-0.2, 0) is 4.74 Å². The summed E-state index contributed by atoms with van der Waals surface area (Å²) in [6, 6.07) is 23.3. The zero-order chi connectivity index (χ0) is 19.0. The van der Waals surface area contributed by atoms with Crippen LogP contribution in [0.3, 0.4) is 0 Å². The molecule has 0 aliphatic carbocycles. The second-order valence-corrected chi connectivity index (χ2v) is 6.51. The van der Waals surface area contributed by atoms with Gasteiger partial charge >= 0.3 is 6.09 Å². The minimum Gasteiger partial charge on any atom is -0.507 e. The molecule has 0 fully saturated rings. The molecule has 134 valence electrons. The number of fused-ring (bicyclic) bond motifs is 2. The average molecular weight is 357 g/mol. The van der Waals surface area contributed by atoms with Crippen LogP contribution in [0.4, 0.5) is 4.79 Å². The summed E-state index contributed by atoms with van der Waals surface area (Å²) in [5.41, 5.74) is 7.62. The fourth-order valence-electron chi connectivity index (χ4n) is 3.73. The Hall–Kier alpha value is -3.53. The number of hydrogen-bond acceptors (Lipinski definition) is 3. The number of carbonyl (C=O) groups is 1. The van der Waals surface area contributed by atoms with Crippen LogP contribution in [0.5, 0.6) is 5.75 Å². The van der Waals surface area contributed by atoms with E-state index in [4.69, 9.17) is 10.5 Å². The Balaban J connectivity index is 2.09. The number of amides is 1. The molecular formula is C23H19NO3. The normalized spacial score (nSPS) is 12.2. The second kappa shape index (κ2) is 6.65. The van der Waals surface area contributed by atoms with Crippen LogP contribution in [0.1, 0.15) is 18.6 Å². The average Bonchev–Trinajstić information content (AvgIpc) is 2.66. The van der Waals surface area contributed by atoms with Crippen molar-refractivity contribution < 1.29 is 14.6 Å². The lowest BCUT2D eigenvalue weighted by Gasteiger charge is -2.20. The van der Waals surface area contributed by atoms with Crippen molar-refractivity contribution in [1.29, 1.82) is 0 Å². The lowest BCUT2D eigenvalue weighted by Crippen LogP contribution is -2.16. The van der Waals surface area contributed by atoms with E-state index in [9.17, 15) is 9.90 Å². The summed E-state index contributed by atoms with van der Waals surface area (Å²) < 4.78 is 5.32. The largest absolute Gasteiger partial charge is 0.507 e. The second-order valence-electron chi connectivity index (χ2n) is 6.51. The molecule has 1 amide bonds. The highest BCUT2D eigenvalue weighted by atomic mass is 16.6. The molecule has 0 heterocycles. The van der Waals surface area contributed by atoms with E-state index in [1.807, 2.05) is 66.7 Å². The van der Waals surface area contributed by atoms with Crippen LogP contribution >= 0.6 is 0 Å². The molecular weight excluding hydrogens is 338 g/mol.